The molecule has 0 aromatic rings. The maximum atomic E-state index is 11.6. The molecule has 0 spiro atoms. The summed E-state index contributed by atoms with van der Waals surface area (Å²) >= 11 is 0. The summed E-state index contributed by atoms with van der Waals surface area (Å²) < 4.78 is 28.4. The van der Waals surface area contributed by atoms with Crippen LogP contribution in [0.2, 0.25) is 0 Å². The highest BCUT2D eigenvalue weighted by Crippen LogP contribution is 2.06. The van der Waals surface area contributed by atoms with E-state index in [1.165, 1.54) is 14.2 Å². The Labute approximate surface area is 107 Å². The predicted octanol–water partition coefficient (Wildman–Crippen LogP) is 0.0660. The summed E-state index contributed by atoms with van der Waals surface area (Å²) in [5.41, 5.74) is 0. The molecule has 0 heterocycles. The SMILES string of the molecule is COC(=O)CCCCCS(=O)(=O)N(C)CC(=O)O. The summed E-state index contributed by atoms with van der Waals surface area (Å²) in [5, 5.41) is 8.49. The molecular weight excluding hydrogens is 262 g/mol. The number of ether oxygens (including phenoxy) is 1. The predicted molar refractivity (Wildman–Crippen MR) is 64.5 cm³/mol. The molecule has 1 N–H and O–H groups in total. The molecule has 8 heteroatoms. The van der Waals surface area contributed by atoms with Crippen molar-refractivity contribution in [2.75, 3.05) is 26.5 Å². The Hall–Kier alpha value is -1.15. The van der Waals surface area contributed by atoms with E-state index >= 15 is 0 Å². The number of hydrogen-bond donors (Lipinski definition) is 1. The summed E-state index contributed by atoms with van der Waals surface area (Å²) in [7, 11) is -0.992. The van der Waals surface area contributed by atoms with Gasteiger partial charge in [0.2, 0.25) is 10.0 Å². The highest BCUT2D eigenvalue weighted by molar-refractivity contribution is 7.89. The van der Waals surface area contributed by atoms with Gasteiger partial charge < -0.3 is 9.84 Å². The lowest BCUT2D eigenvalue weighted by atomic mass is 10.2. The fraction of sp³-hybridized carbons (Fsp3) is 0.800. The molecule has 0 unspecified atom stereocenters. The van der Waals surface area contributed by atoms with Gasteiger partial charge in [0.15, 0.2) is 0 Å². The first-order valence-electron chi connectivity index (χ1n) is 5.52. The van der Waals surface area contributed by atoms with E-state index in [4.69, 9.17) is 5.11 Å². The molecule has 0 saturated heterocycles. The molecule has 0 atom stereocenters. The quantitative estimate of drug-likeness (QED) is 0.474. The molecule has 0 rings (SSSR count). The number of esters is 1. The zero-order valence-electron chi connectivity index (χ0n) is 10.6. The second-order valence-electron chi connectivity index (χ2n) is 3.85. The monoisotopic (exact) mass is 281 g/mol. The van der Waals surface area contributed by atoms with Gasteiger partial charge in [-0.2, -0.15) is 4.31 Å². The fourth-order valence-corrected chi connectivity index (χ4v) is 2.47. The van der Waals surface area contributed by atoms with E-state index in [1.807, 2.05) is 0 Å². The van der Waals surface area contributed by atoms with Gasteiger partial charge in [-0.15, -0.1) is 0 Å². The van der Waals surface area contributed by atoms with Gasteiger partial charge in [-0.1, -0.05) is 6.42 Å². The van der Waals surface area contributed by atoms with Gasteiger partial charge in [-0.05, 0) is 12.8 Å². The van der Waals surface area contributed by atoms with Crippen molar-refractivity contribution in [3.63, 3.8) is 0 Å². The molecule has 0 radical (unpaired) electrons. The number of carboxylic acids is 1. The zero-order chi connectivity index (χ0) is 14.2. The van der Waals surface area contributed by atoms with Crippen LogP contribution in [0.1, 0.15) is 25.7 Å². The molecule has 7 nitrogen and oxygen atoms in total. The van der Waals surface area contributed by atoms with Crippen molar-refractivity contribution < 1.29 is 27.9 Å². The minimum absolute atomic E-state index is 0.113. The van der Waals surface area contributed by atoms with Gasteiger partial charge >= 0.3 is 11.9 Å². The van der Waals surface area contributed by atoms with E-state index in [-0.39, 0.29) is 18.1 Å². The van der Waals surface area contributed by atoms with Crippen LogP contribution in [0.3, 0.4) is 0 Å². The normalized spacial score (nSPS) is 11.5. The maximum absolute atomic E-state index is 11.6. The van der Waals surface area contributed by atoms with Gasteiger partial charge in [0.1, 0.15) is 6.54 Å². The lowest BCUT2D eigenvalue weighted by Gasteiger charge is -2.14. The Morgan fingerprint density at radius 3 is 2.33 bits per heavy atom. The third-order valence-corrected chi connectivity index (χ3v) is 4.23. The van der Waals surface area contributed by atoms with Crippen molar-refractivity contribution in [3.05, 3.63) is 0 Å². The smallest absolute Gasteiger partial charge is 0.318 e. The molecule has 0 aromatic carbocycles. The van der Waals surface area contributed by atoms with Crippen molar-refractivity contribution >= 4 is 22.0 Å². The maximum Gasteiger partial charge on any atom is 0.318 e. The topological polar surface area (TPSA) is 101 Å². The summed E-state index contributed by atoms with van der Waals surface area (Å²) in [6.07, 6.45) is 1.80. The Morgan fingerprint density at radius 2 is 1.83 bits per heavy atom. The average molecular weight is 281 g/mol. The zero-order valence-corrected chi connectivity index (χ0v) is 11.4. The number of carbonyl (C=O) groups excluding carboxylic acids is 1. The van der Waals surface area contributed by atoms with Gasteiger partial charge in [0, 0.05) is 13.5 Å². The molecule has 0 aliphatic carbocycles. The lowest BCUT2D eigenvalue weighted by molar-refractivity contribution is -0.140. The number of unbranched alkanes of at least 4 members (excludes halogenated alkanes) is 2. The molecular formula is C10H19NO6S. The first-order chi connectivity index (χ1) is 8.29. The first kappa shape index (κ1) is 16.9. The lowest BCUT2D eigenvalue weighted by Crippen LogP contribution is -2.33. The van der Waals surface area contributed by atoms with Crippen LogP contribution in [-0.4, -0.2) is 56.2 Å². The van der Waals surface area contributed by atoms with E-state index in [0.717, 1.165) is 4.31 Å². The fourth-order valence-electron chi connectivity index (χ4n) is 1.28. The molecule has 0 aliphatic heterocycles. The second-order valence-corrected chi connectivity index (χ2v) is 6.05. The average Bonchev–Trinajstić information content (AvgIpc) is 2.27. The van der Waals surface area contributed by atoms with Crippen molar-refractivity contribution in [3.8, 4) is 0 Å². The van der Waals surface area contributed by atoms with Gasteiger partial charge in [-0.3, -0.25) is 9.59 Å². The molecule has 0 aliphatic rings. The number of sulfonamides is 1. The number of rotatable bonds is 9. The molecule has 0 bridgehead atoms. The van der Waals surface area contributed by atoms with Crippen molar-refractivity contribution in [2.24, 2.45) is 0 Å². The molecule has 106 valence electrons. The Morgan fingerprint density at radius 1 is 1.22 bits per heavy atom. The summed E-state index contributed by atoms with van der Waals surface area (Å²) in [5.74, 6) is -1.62. The van der Waals surface area contributed by atoms with E-state index in [2.05, 4.69) is 4.74 Å². The van der Waals surface area contributed by atoms with Crippen molar-refractivity contribution in [2.45, 2.75) is 25.7 Å². The van der Waals surface area contributed by atoms with E-state index in [0.29, 0.717) is 19.3 Å². The molecule has 0 saturated carbocycles. The second kappa shape index (κ2) is 8.04. The minimum Gasteiger partial charge on any atom is -0.480 e. The number of methoxy groups -OCH3 is 1. The number of hydrogen-bond acceptors (Lipinski definition) is 5. The Bertz CT molecular complexity index is 378. The molecule has 18 heavy (non-hydrogen) atoms. The minimum atomic E-state index is -3.53. The largest absolute Gasteiger partial charge is 0.480 e. The number of likely N-dealkylation sites (N-methyl/N-ethyl adjacent to an activating group) is 1. The number of nitrogens with zero attached hydrogens (tertiary/aromatic N) is 1. The summed E-state index contributed by atoms with van der Waals surface area (Å²) in [6.45, 7) is -0.537. The van der Waals surface area contributed by atoms with Crippen LogP contribution in [0.15, 0.2) is 0 Å². The van der Waals surface area contributed by atoms with Crippen molar-refractivity contribution in [1.82, 2.24) is 4.31 Å². The molecule has 0 aromatic heterocycles. The van der Waals surface area contributed by atoms with E-state index in [9.17, 15) is 18.0 Å². The summed E-state index contributed by atoms with van der Waals surface area (Å²) in [4.78, 5) is 21.2. The van der Waals surface area contributed by atoms with Crippen LogP contribution in [0.4, 0.5) is 0 Å². The third kappa shape index (κ3) is 7.23. The van der Waals surface area contributed by atoms with Gasteiger partial charge in [-0.25, -0.2) is 8.42 Å². The van der Waals surface area contributed by atoms with Crippen LogP contribution in [0.25, 0.3) is 0 Å². The van der Waals surface area contributed by atoms with Crippen LogP contribution in [-0.2, 0) is 24.3 Å². The Kier molecular flexibility index (Phi) is 7.53. The number of carbonyl (C=O) groups is 2. The standard InChI is InChI=1S/C10H19NO6S/c1-11(8-9(12)13)18(15,16)7-5-3-4-6-10(14)17-2/h3-8H2,1-2H3,(H,12,13). The van der Waals surface area contributed by atoms with E-state index in [1.54, 1.807) is 0 Å². The Balaban J connectivity index is 3.91. The highest BCUT2D eigenvalue weighted by atomic mass is 32.2. The van der Waals surface area contributed by atoms with Gasteiger partial charge in [0.05, 0.1) is 12.9 Å². The molecule has 0 amide bonds. The van der Waals surface area contributed by atoms with Crippen LogP contribution in [0, 0.1) is 0 Å². The van der Waals surface area contributed by atoms with Gasteiger partial charge in [0.25, 0.3) is 0 Å². The number of carboxylic acid groups (broad SMARTS) is 1. The van der Waals surface area contributed by atoms with Crippen LogP contribution < -0.4 is 0 Å². The third-order valence-electron chi connectivity index (χ3n) is 2.34. The van der Waals surface area contributed by atoms with Crippen molar-refractivity contribution in [1.29, 1.82) is 0 Å². The number of aliphatic carboxylic acids is 1. The molecule has 0 fully saturated rings. The summed E-state index contributed by atoms with van der Waals surface area (Å²) in [6, 6.07) is 0. The first-order valence-corrected chi connectivity index (χ1v) is 7.13. The van der Waals surface area contributed by atoms with E-state index < -0.39 is 22.5 Å². The van der Waals surface area contributed by atoms with Crippen LogP contribution in [0.5, 0.6) is 0 Å². The highest BCUT2D eigenvalue weighted by Gasteiger charge is 2.19. The van der Waals surface area contributed by atoms with Crippen LogP contribution >= 0.6 is 0 Å².